The third kappa shape index (κ3) is 4.19. The minimum absolute atomic E-state index is 0.385. The number of nitrogens with zero attached hydrogens (tertiary/aromatic N) is 1. The van der Waals surface area contributed by atoms with Crippen molar-refractivity contribution in [2.75, 3.05) is 26.2 Å². The van der Waals surface area contributed by atoms with Crippen molar-refractivity contribution in [1.29, 1.82) is 0 Å². The molecule has 0 aromatic heterocycles. The van der Waals surface area contributed by atoms with Gasteiger partial charge in [0.25, 0.3) is 0 Å². The Balaban J connectivity index is 2.06. The van der Waals surface area contributed by atoms with E-state index in [1.54, 1.807) is 0 Å². The van der Waals surface area contributed by atoms with Crippen molar-refractivity contribution in [1.82, 2.24) is 10.2 Å². The summed E-state index contributed by atoms with van der Waals surface area (Å²) in [6.07, 6.45) is 5.51. The molecule has 1 saturated heterocycles. The Kier molecular flexibility index (Phi) is 6.31. The predicted octanol–water partition coefficient (Wildman–Crippen LogP) is 2.90. The molecule has 1 aliphatic carbocycles. The minimum atomic E-state index is 0.385. The van der Waals surface area contributed by atoms with Crippen LogP contribution in [0.2, 0.25) is 0 Å². The summed E-state index contributed by atoms with van der Waals surface area (Å²) in [4.78, 5) is 2.72. The Morgan fingerprint density at radius 3 is 2.75 bits per heavy atom. The SMILES string of the molecule is CCCNC1CC(C)CC(C)C1N1CCCOC(C)C1. The van der Waals surface area contributed by atoms with Gasteiger partial charge in [0, 0.05) is 31.8 Å². The highest BCUT2D eigenvalue weighted by Gasteiger charge is 2.38. The van der Waals surface area contributed by atoms with Gasteiger partial charge in [0.1, 0.15) is 0 Å². The highest BCUT2D eigenvalue weighted by Crippen LogP contribution is 2.33. The molecule has 118 valence electrons. The van der Waals surface area contributed by atoms with Gasteiger partial charge in [-0.05, 0) is 51.0 Å². The van der Waals surface area contributed by atoms with Crippen molar-refractivity contribution < 1.29 is 4.74 Å². The largest absolute Gasteiger partial charge is 0.377 e. The van der Waals surface area contributed by atoms with Gasteiger partial charge in [-0.15, -0.1) is 0 Å². The normalized spacial score (nSPS) is 40.5. The maximum atomic E-state index is 5.83. The van der Waals surface area contributed by atoms with Crippen LogP contribution in [0.5, 0.6) is 0 Å². The summed E-state index contributed by atoms with van der Waals surface area (Å²) in [7, 11) is 0. The average Bonchev–Trinajstić information content (AvgIpc) is 2.60. The molecule has 2 aliphatic rings. The van der Waals surface area contributed by atoms with Crippen LogP contribution < -0.4 is 5.32 Å². The molecule has 0 bridgehead atoms. The first kappa shape index (κ1) is 16.3. The van der Waals surface area contributed by atoms with Crippen molar-refractivity contribution in [2.24, 2.45) is 11.8 Å². The van der Waals surface area contributed by atoms with Crippen molar-refractivity contribution in [2.45, 2.75) is 71.6 Å². The number of nitrogens with one attached hydrogen (secondary N) is 1. The Morgan fingerprint density at radius 2 is 2.00 bits per heavy atom. The number of rotatable bonds is 4. The number of hydrogen-bond acceptors (Lipinski definition) is 3. The molecule has 5 atom stereocenters. The van der Waals surface area contributed by atoms with Crippen molar-refractivity contribution >= 4 is 0 Å². The first-order valence-corrected chi connectivity index (χ1v) is 8.70. The number of ether oxygens (including phenoxy) is 1. The highest BCUT2D eigenvalue weighted by molar-refractivity contribution is 4.94. The van der Waals surface area contributed by atoms with E-state index in [9.17, 15) is 0 Å². The van der Waals surface area contributed by atoms with Crippen LogP contribution in [0.15, 0.2) is 0 Å². The van der Waals surface area contributed by atoms with Gasteiger partial charge in [-0.1, -0.05) is 20.8 Å². The molecule has 2 rings (SSSR count). The topological polar surface area (TPSA) is 24.5 Å². The van der Waals surface area contributed by atoms with E-state index >= 15 is 0 Å². The van der Waals surface area contributed by atoms with Gasteiger partial charge in [0.15, 0.2) is 0 Å². The van der Waals surface area contributed by atoms with E-state index in [4.69, 9.17) is 4.74 Å². The van der Waals surface area contributed by atoms with Crippen LogP contribution in [0.4, 0.5) is 0 Å². The zero-order valence-corrected chi connectivity index (χ0v) is 13.9. The van der Waals surface area contributed by atoms with E-state index in [0.717, 1.165) is 31.5 Å². The zero-order valence-electron chi connectivity index (χ0n) is 13.9. The molecule has 2 fully saturated rings. The monoisotopic (exact) mass is 282 g/mol. The molecule has 0 aromatic carbocycles. The first-order chi connectivity index (χ1) is 9.61. The standard InChI is InChI=1S/C17H34N2O/c1-5-7-18-16-11-13(2)10-14(3)17(16)19-8-6-9-20-15(4)12-19/h13-18H,5-12H2,1-4H3. The molecule has 1 aliphatic heterocycles. The van der Waals surface area contributed by atoms with Crippen LogP contribution in [0.3, 0.4) is 0 Å². The summed E-state index contributed by atoms with van der Waals surface area (Å²) >= 11 is 0. The molecule has 3 heteroatoms. The van der Waals surface area contributed by atoms with E-state index in [-0.39, 0.29) is 0 Å². The highest BCUT2D eigenvalue weighted by atomic mass is 16.5. The van der Waals surface area contributed by atoms with Gasteiger partial charge in [-0.2, -0.15) is 0 Å². The van der Waals surface area contributed by atoms with Crippen LogP contribution in [0, 0.1) is 11.8 Å². The lowest BCUT2D eigenvalue weighted by Crippen LogP contribution is -2.57. The quantitative estimate of drug-likeness (QED) is 0.858. The maximum absolute atomic E-state index is 5.83. The van der Waals surface area contributed by atoms with E-state index in [1.807, 2.05) is 0 Å². The second kappa shape index (κ2) is 7.77. The summed E-state index contributed by atoms with van der Waals surface area (Å²) < 4.78 is 5.83. The Morgan fingerprint density at radius 1 is 1.20 bits per heavy atom. The van der Waals surface area contributed by atoms with Crippen molar-refractivity contribution in [3.63, 3.8) is 0 Å². The second-order valence-electron chi connectivity index (χ2n) is 7.13. The molecule has 1 saturated carbocycles. The molecule has 0 spiro atoms. The van der Waals surface area contributed by atoms with Crippen LogP contribution in [-0.4, -0.2) is 49.3 Å². The van der Waals surface area contributed by atoms with Crippen LogP contribution in [-0.2, 0) is 4.74 Å². The molecular formula is C17H34N2O. The van der Waals surface area contributed by atoms with Crippen LogP contribution in [0.25, 0.3) is 0 Å². The van der Waals surface area contributed by atoms with Gasteiger partial charge in [-0.25, -0.2) is 0 Å². The van der Waals surface area contributed by atoms with E-state index < -0.39 is 0 Å². The predicted molar refractivity (Wildman–Crippen MR) is 85.0 cm³/mol. The van der Waals surface area contributed by atoms with Gasteiger partial charge in [-0.3, -0.25) is 4.90 Å². The molecular weight excluding hydrogens is 248 g/mol. The molecule has 1 N–H and O–H groups in total. The third-order valence-corrected chi connectivity index (χ3v) is 4.99. The van der Waals surface area contributed by atoms with Gasteiger partial charge in [0.05, 0.1) is 6.10 Å². The summed E-state index contributed by atoms with van der Waals surface area (Å²) in [5.41, 5.74) is 0. The molecule has 5 unspecified atom stereocenters. The second-order valence-corrected chi connectivity index (χ2v) is 7.13. The molecule has 0 aromatic rings. The van der Waals surface area contributed by atoms with Crippen molar-refractivity contribution in [3.05, 3.63) is 0 Å². The van der Waals surface area contributed by atoms with Gasteiger partial charge < -0.3 is 10.1 Å². The Bertz CT molecular complexity index is 284. The molecule has 0 amide bonds. The van der Waals surface area contributed by atoms with Gasteiger partial charge >= 0.3 is 0 Å². The van der Waals surface area contributed by atoms with Crippen LogP contribution in [0.1, 0.15) is 53.4 Å². The number of hydrogen-bond donors (Lipinski definition) is 1. The molecule has 20 heavy (non-hydrogen) atoms. The summed E-state index contributed by atoms with van der Waals surface area (Å²) in [5.74, 6) is 1.65. The first-order valence-electron chi connectivity index (χ1n) is 8.70. The summed E-state index contributed by atoms with van der Waals surface area (Å²) in [5, 5.41) is 3.83. The van der Waals surface area contributed by atoms with E-state index in [1.165, 1.54) is 32.2 Å². The third-order valence-electron chi connectivity index (χ3n) is 4.99. The summed E-state index contributed by atoms with van der Waals surface area (Å²) in [6.45, 7) is 13.8. The Labute approximate surface area is 125 Å². The fourth-order valence-electron chi connectivity index (χ4n) is 4.29. The Hall–Kier alpha value is -0.120. The fraction of sp³-hybridized carbons (Fsp3) is 1.00. The van der Waals surface area contributed by atoms with E-state index in [2.05, 4.69) is 37.9 Å². The fourth-order valence-corrected chi connectivity index (χ4v) is 4.29. The van der Waals surface area contributed by atoms with Crippen molar-refractivity contribution in [3.8, 4) is 0 Å². The molecule has 0 radical (unpaired) electrons. The smallest absolute Gasteiger partial charge is 0.0674 e. The minimum Gasteiger partial charge on any atom is -0.377 e. The maximum Gasteiger partial charge on any atom is 0.0674 e. The van der Waals surface area contributed by atoms with Gasteiger partial charge in [0.2, 0.25) is 0 Å². The van der Waals surface area contributed by atoms with E-state index in [0.29, 0.717) is 18.2 Å². The summed E-state index contributed by atoms with van der Waals surface area (Å²) in [6, 6.07) is 1.36. The molecule has 1 heterocycles. The lowest BCUT2D eigenvalue weighted by atomic mass is 9.75. The lowest BCUT2D eigenvalue weighted by molar-refractivity contribution is 0.0289. The van der Waals surface area contributed by atoms with Crippen LogP contribution >= 0.6 is 0 Å². The zero-order chi connectivity index (χ0) is 14.5. The lowest BCUT2D eigenvalue weighted by Gasteiger charge is -2.46. The average molecular weight is 282 g/mol. The molecule has 3 nitrogen and oxygen atoms in total.